The summed E-state index contributed by atoms with van der Waals surface area (Å²) in [5.41, 5.74) is 0. The van der Waals surface area contributed by atoms with Gasteiger partial charge in [-0.1, -0.05) is 13.3 Å². The number of carbonyl (C=O) groups excluding carboxylic acids is 1. The Bertz CT molecular complexity index is 382. The zero-order valence-electron chi connectivity index (χ0n) is 9.54. The van der Waals surface area contributed by atoms with Gasteiger partial charge < -0.3 is 9.47 Å². The highest BCUT2D eigenvalue weighted by Gasteiger charge is 2.07. The lowest BCUT2D eigenvalue weighted by Crippen LogP contribution is -2.15. The molecule has 94 valence electrons. The van der Waals surface area contributed by atoms with Crippen LogP contribution >= 0.6 is 15.9 Å². The summed E-state index contributed by atoms with van der Waals surface area (Å²) in [6.45, 7) is 2.25. The van der Waals surface area contributed by atoms with Crippen molar-refractivity contribution in [2.45, 2.75) is 19.8 Å². The standard InChI is InChI=1S/C12H14BrFO3/c1-2-3-6-16-12(15)8-17-11-5-4-9(14)7-10(11)13/h4-5,7H,2-3,6,8H2,1H3. The molecule has 1 rings (SSSR count). The van der Waals surface area contributed by atoms with Crippen LogP contribution in [0.1, 0.15) is 19.8 Å². The number of esters is 1. The van der Waals surface area contributed by atoms with Crippen LogP contribution in [-0.4, -0.2) is 19.2 Å². The average Bonchev–Trinajstić information content (AvgIpc) is 2.28. The van der Waals surface area contributed by atoms with Gasteiger partial charge in [0, 0.05) is 0 Å². The lowest BCUT2D eigenvalue weighted by molar-refractivity contribution is -0.146. The van der Waals surface area contributed by atoms with E-state index in [0.717, 1.165) is 12.8 Å². The van der Waals surface area contributed by atoms with Gasteiger partial charge in [-0.15, -0.1) is 0 Å². The molecule has 1 aromatic carbocycles. The van der Waals surface area contributed by atoms with Crippen LogP contribution in [0.25, 0.3) is 0 Å². The van der Waals surface area contributed by atoms with Crippen molar-refractivity contribution in [3.8, 4) is 5.75 Å². The topological polar surface area (TPSA) is 35.5 Å². The molecule has 3 nitrogen and oxygen atoms in total. The Balaban J connectivity index is 2.37. The van der Waals surface area contributed by atoms with Crippen molar-refractivity contribution in [2.75, 3.05) is 13.2 Å². The van der Waals surface area contributed by atoms with Crippen molar-refractivity contribution in [1.82, 2.24) is 0 Å². The number of halogens is 2. The molecule has 0 saturated carbocycles. The zero-order chi connectivity index (χ0) is 12.7. The number of hydrogen-bond acceptors (Lipinski definition) is 3. The van der Waals surface area contributed by atoms with Gasteiger partial charge in [0.15, 0.2) is 6.61 Å². The fraction of sp³-hybridized carbons (Fsp3) is 0.417. The van der Waals surface area contributed by atoms with Gasteiger partial charge in [-0.05, 0) is 40.5 Å². The smallest absolute Gasteiger partial charge is 0.344 e. The summed E-state index contributed by atoms with van der Waals surface area (Å²) in [7, 11) is 0. The second-order valence-electron chi connectivity index (χ2n) is 3.44. The van der Waals surface area contributed by atoms with Crippen LogP contribution in [-0.2, 0) is 9.53 Å². The Morgan fingerprint density at radius 3 is 2.88 bits per heavy atom. The molecule has 0 aliphatic rings. The van der Waals surface area contributed by atoms with Crippen LogP contribution in [0.5, 0.6) is 5.75 Å². The molecule has 5 heteroatoms. The third-order valence-corrected chi connectivity index (χ3v) is 2.62. The molecule has 0 bridgehead atoms. The number of ether oxygens (including phenoxy) is 2. The summed E-state index contributed by atoms with van der Waals surface area (Å²) < 4.78 is 23.4. The average molecular weight is 305 g/mol. The first-order valence-electron chi connectivity index (χ1n) is 5.37. The van der Waals surface area contributed by atoms with E-state index in [1.165, 1.54) is 18.2 Å². The second kappa shape index (κ2) is 7.27. The van der Waals surface area contributed by atoms with E-state index >= 15 is 0 Å². The lowest BCUT2D eigenvalue weighted by atomic mass is 10.3. The van der Waals surface area contributed by atoms with Gasteiger partial charge in [-0.25, -0.2) is 9.18 Å². The van der Waals surface area contributed by atoms with E-state index in [4.69, 9.17) is 9.47 Å². The summed E-state index contributed by atoms with van der Waals surface area (Å²) in [5, 5.41) is 0. The molecule has 0 aliphatic heterocycles. The monoisotopic (exact) mass is 304 g/mol. The van der Waals surface area contributed by atoms with Crippen molar-refractivity contribution in [3.05, 3.63) is 28.5 Å². The van der Waals surface area contributed by atoms with Gasteiger partial charge in [0.05, 0.1) is 11.1 Å². The summed E-state index contributed by atoms with van der Waals surface area (Å²) in [4.78, 5) is 11.2. The quantitative estimate of drug-likeness (QED) is 0.597. The maximum atomic E-state index is 12.8. The van der Waals surface area contributed by atoms with E-state index in [9.17, 15) is 9.18 Å². The highest BCUT2D eigenvalue weighted by Crippen LogP contribution is 2.25. The van der Waals surface area contributed by atoms with Gasteiger partial charge >= 0.3 is 5.97 Å². The third kappa shape index (κ3) is 5.17. The van der Waals surface area contributed by atoms with Crippen LogP contribution < -0.4 is 4.74 Å². The van der Waals surface area contributed by atoms with Gasteiger partial charge in [-0.2, -0.15) is 0 Å². The number of hydrogen-bond donors (Lipinski definition) is 0. The minimum absolute atomic E-state index is 0.173. The van der Waals surface area contributed by atoms with Gasteiger partial charge in [0.1, 0.15) is 11.6 Å². The first-order valence-corrected chi connectivity index (χ1v) is 6.16. The molecule has 0 unspecified atom stereocenters. The predicted octanol–water partition coefficient (Wildman–Crippen LogP) is 3.31. The molecule has 0 amide bonds. The summed E-state index contributed by atoms with van der Waals surface area (Å²) in [5.74, 6) is -0.372. The Morgan fingerprint density at radius 2 is 2.24 bits per heavy atom. The first-order chi connectivity index (χ1) is 8.13. The van der Waals surface area contributed by atoms with Crippen LogP contribution in [0.3, 0.4) is 0 Å². The van der Waals surface area contributed by atoms with Crippen molar-refractivity contribution in [2.24, 2.45) is 0 Å². The molecule has 0 saturated heterocycles. The number of unbranched alkanes of at least 4 members (excludes halogenated alkanes) is 1. The summed E-state index contributed by atoms with van der Waals surface area (Å²) in [6.07, 6.45) is 1.81. The van der Waals surface area contributed by atoms with Gasteiger partial charge in [0.2, 0.25) is 0 Å². The minimum Gasteiger partial charge on any atom is -0.481 e. The van der Waals surface area contributed by atoms with E-state index in [2.05, 4.69) is 15.9 Å². The second-order valence-corrected chi connectivity index (χ2v) is 4.29. The van der Waals surface area contributed by atoms with E-state index in [1.54, 1.807) is 0 Å². The first kappa shape index (κ1) is 14.0. The molecular weight excluding hydrogens is 291 g/mol. The number of rotatable bonds is 6. The van der Waals surface area contributed by atoms with Crippen LogP contribution in [0, 0.1) is 5.82 Å². The summed E-state index contributed by atoms with van der Waals surface area (Å²) >= 11 is 3.14. The lowest BCUT2D eigenvalue weighted by Gasteiger charge is -2.08. The number of benzene rings is 1. The molecule has 0 radical (unpaired) electrons. The molecule has 0 fully saturated rings. The third-order valence-electron chi connectivity index (χ3n) is 2.00. The Hall–Kier alpha value is -1.10. The Labute approximate surface area is 108 Å². The van der Waals surface area contributed by atoms with E-state index in [-0.39, 0.29) is 12.4 Å². The highest BCUT2D eigenvalue weighted by molar-refractivity contribution is 9.10. The molecule has 0 spiro atoms. The maximum Gasteiger partial charge on any atom is 0.344 e. The molecule has 0 atom stereocenters. The SMILES string of the molecule is CCCCOC(=O)COc1ccc(F)cc1Br. The van der Waals surface area contributed by atoms with E-state index in [0.29, 0.717) is 16.8 Å². The molecule has 0 aromatic heterocycles. The van der Waals surface area contributed by atoms with Crippen LogP contribution in [0.4, 0.5) is 4.39 Å². The van der Waals surface area contributed by atoms with E-state index in [1.807, 2.05) is 6.92 Å². The van der Waals surface area contributed by atoms with Gasteiger partial charge in [-0.3, -0.25) is 0 Å². The molecule has 0 heterocycles. The number of carbonyl (C=O) groups is 1. The van der Waals surface area contributed by atoms with Crippen molar-refractivity contribution >= 4 is 21.9 Å². The van der Waals surface area contributed by atoms with Gasteiger partial charge in [0.25, 0.3) is 0 Å². The summed E-state index contributed by atoms with van der Waals surface area (Å²) in [6, 6.07) is 4.00. The molecular formula is C12H14BrFO3. The van der Waals surface area contributed by atoms with Crippen molar-refractivity contribution in [3.63, 3.8) is 0 Å². The fourth-order valence-corrected chi connectivity index (χ4v) is 1.57. The Morgan fingerprint density at radius 1 is 1.47 bits per heavy atom. The molecule has 0 aliphatic carbocycles. The van der Waals surface area contributed by atoms with Crippen LogP contribution in [0.2, 0.25) is 0 Å². The molecule has 0 N–H and O–H groups in total. The van der Waals surface area contributed by atoms with Crippen LogP contribution in [0.15, 0.2) is 22.7 Å². The Kier molecular flexibility index (Phi) is 5.97. The van der Waals surface area contributed by atoms with E-state index < -0.39 is 5.97 Å². The van der Waals surface area contributed by atoms with Crippen molar-refractivity contribution < 1.29 is 18.7 Å². The predicted molar refractivity (Wildman–Crippen MR) is 65.5 cm³/mol. The normalized spacial score (nSPS) is 10.1. The van der Waals surface area contributed by atoms with Crippen molar-refractivity contribution in [1.29, 1.82) is 0 Å². The minimum atomic E-state index is -0.422. The molecule has 1 aromatic rings. The fourth-order valence-electron chi connectivity index (χ4n) is 1.10. The molecule has 17 heavy (non-hydrogen) atoms. The largest absolute Gasteiger partial charge is 0.481 e. The zero-order valence-corrected chi connectivity index (χ0v) is 11.1. The highest BCUT2D eigenvalue weighted by atomic mass is 79.9. The maximum absolute atomic E-state index is 12.8.